The van der Waals surface area contributed by atoms with Gasteiger partial charge in [0.1, 0.15) is 12.4 Å². The number of aromatic amines is 1. The Labute approximate surface area is 215 Å². The number of fused-ring (bicyclic) bond motifs is 1. The number of nitrogens with one attached hydrogen (secondary N) is 1. The summed E-state index contributed by atoms with van der Waals surface area (Å²) in [5.74, 6) is 2.33. The molecular formula is C29H28N4O4. The van der Waals surface area contributed by atoms with Crippen LogP contribution in [0.5, 0.6) is 11.5 Å². The molecule has 0 bridgehead atoms. The van der Waals surface area contributed by atoms with Crippen molar-refractivity contribution in [1.82, 2.24) is 19.9 Å². The maximum absolute atomic E-state index is 12.8. The third kappa shape index (κ3) is 4.87. The minimum Gasteiger partial charge on any atom is -0.454 e. The van der Waals surface area contributed by atoms with Crippen LogP contribution in [0, 0.1) is 6.92 Å². The fraction of sp³-hybridized carbons (Fsp3) is 0.276. The number of aryl methyl sites for hydroxylation is 1. The zero-order valence-electron chi connectivity index (χ0n) is 20.6. The van der Waals surface area contributed by atoms with E-state index in [1.54, 1.807) is 4.90 Å². The van der Waals surface area contributed by atoms with Gasteiger partial charge in [0, 0.05) is 30.3 Å². The molecule has 2 aliphatic heterocycles. The lowest BCUT2D eigenvalue weighted by atomic mass is 9.98. The van der Waals surface area contributed by atoms with Gasteiger partial charge in [-0.15, -0.1) is 0 Å². The molecule has 37 heavy (non-hydrogen) atoms. The first kappa shape index (κ1) is 23.1. The van der Waals surface area contributed by atoms with Gasteiger partial charge in [0.25, 0.3) is 0 Å². The molecule has 8 heteroatoms. The first-order chi connectivity index (χ1) is 18.1. The van der Waals surface area contributed by atoms with Crippen LogP contribution in [0.3, 0.4) is 0 Å². The average molecular weight is 497 g/mol. The molecule has 8 nitrogen and oxygen atoms in total. The summed E-state index contributed by atoms with van der Waals surface area (Å²) in [5, 5.41) is 0. The summed E-state index contributed by atoms with van der Waals surface area (Å²) in [4.78, 5) is 28.0. The van der Waals surface area contributed by atoms with E-state index in [9.17, 15) is 4.79 Å². The zero-order chi connectivity index (χ0) is 25.2. The first-order valence-electron chi connectivity index (χ1n) is 12.5. The van der Waals surface area contributed by atoms with E-state index in [-0.39, 0.29) is 25.4 Å². The van der Waals surface area contributed by atoms with Crippen LogP contribution in [0.15, 0.2) is 66.7 Å². The van der Waals surface area contributed by atoms with E-state index in [0.717, 1.165) is 58.3 Å². The van der Waals surface area contributed by atoms with Crippen molar-refractivity contribution in [3.8, 4) is 34.1 Å². The lowest BCUT2D eigenvalue weighted by Crippen LogP contribution is -2.39. The standard InChI is InChI=1S/C29H28N4O4/c1-19-7-5-11-23(30-19)27-26(21-12-13-24-25(15-21)37-18-36-24)31-28(32-27)22-10-6-14-33(16-22)29(34)35-17-20-8-3-2-4-9-20/h2-5,7-9,11-13,15,22H,6,10,14,16-18H2,1H3,(H,31,32). The summed E-state index contributed by atoms with van der Waals surface area (Å²) in [6.07, 6.45) is 1.51. The zero-order valence-corrected chi connectivity index (χ0v) is 20.6. The van der Waals surface area contributed by atoms with Crippen LogP contribution in [0.2, 0.25) is 0 Å². The molecule has 2 aliphatic rings. The molecular weight excluding hydrogens is 468 g/mol. The molecule has 4 aromatic rings. The number of aromatic nitrogens is 3. The number of likely N-dealkylation sites (tertiary alicyclic amines) is 1. The van der Waals surface area contributed by atoms with Crippen molar-refractivity contribution >= 4 is 6.09 Å². The van der Waals surface area contributed by atoms with Gasteiger partial charge in [-0.3, -0.25) is 4.98 Å². The summed E-state index contributed by atoms with van der Waals surface area (Å²) in [6.45, 7) is 3.67. The van der Waals surface area contributed by atoms with Gasteiger partial charge in [-0.1, -0.05) is 36.4 Å². The first-order valence-corrected chi connectivity index (χ1v) is 12.5. The highest BCUT2D eigenvalue weighted by Crippen LogP contribution is 2.39. The molecule has 1 N–H and O–H groups in total. The Hall–Kier alpha value is -4.33. The van der Waals surface area contributed by atoms with E-state index in [4.69, 9.17) is 24.2 Å². The highest BCUT2D eigenvalue weighted by Gasteiger charge is 2.29. The summed E-state index contributed by atoms with van der Waals surface area (Å²) in [5.41, 5.74) is 5.28. The third-order valence-corrected chi connectivity index (χ3v) is 6.78. The lowest BCUT2D eigenvalue weighted by Gasteiger charge is -2.31. The maximum atomic E-state index is 12.8. The molecule has 0 spiro atoms. The molecule has 0 aliphatic carbocycles. The number of piperidine rings is 1. The Morgan fingerprint density at radius 2 is 1.92 bits per heavy atom. The molecule has 1 amide bonds. The van der Waals surface area contributed by atoms with Crippen LogP contribution in [-0.4, -0.2) is 45.8 Å². The number of hydrogen-bond donors (Lipinski definition) is 1. The Balaban J connectivity index is 1.27. The minimum atomic E-state index is -0.295. The molecule has 2 aromatic heterocycles. The van der Waals surface area contributed by atoms with E-state index in [1.165, 1.54) is 0 Å². The van der Waals surface area contributed by atoms with Crippen molar-refractivity contribution in [2.75, 3.05) is 19.9 Å². The van der Waals surface area contributed by atoms with Crippen molar-refractivity contribution in [1.29, 1.82) is 0 Å². The number of rotatable bonds is 5. The maximum Gasteiger partial charge on any atom is 0.410 e. The monoisotopic (exact) mass is 496 g/mol. The highest BCUT2D eigenvalue weighted by atomic mass is 16.7. The minimum absolute atomic E-state index is 0.0596. The molecule has 2 aromatic carbocycles. The van der Waals surface area contributed by atoms with Gasteiger partial charge in [0.05, 0.1) is 17.1 Å². The van der Waals surface area contributed by atoms with Crippen LogP contribution in [0.4, 0.5) is 4.79 Å². The SMILES string of the molecule is Cc1cccc(-c2[nH]c(C3CCCN(C(=O)OCc4ccccc4)C3)nc2-c2ccc3c(c2)OCO3)n1. The van der Waals surface area contributed by atoms with Gasteiger partial charge in [-0.05, 0) is 55.7 Å². The van der Waals surface area contributed by atoms with Crippen molar-refractivity contribution in [2.24, 2.45) is 0 Å². The Morgan fingerprint density at radius 1 is 1.05 bits per heavy atom. The fourth-order valence-corrected chi connectivity index (χ4v) is 4.88. The van der Waals surface area contributed by atoms with E-state index >= 15 is 0 Å². The predicted octanol–water partition coefficient (Wildman–Crippen LogP) is 5.69. The normalized spacial score (nSPS) is 16.6. The average Bonchev–Trinajstić information content (AvgIpc) is 3.60. The van der Waals surface area contributed by atoms with E-state index in [0.29, 0.717) is 18.8 Å². The van der Waals surface area contributed by atoms with Crippen LogP contribution >= 0.6 is 0 Å². The molecule has 188 valence electrons. The largest absolute Gasteiger partial charge is 0.454 e. The van der Waals surface area contributed by atoms with Gasteiger partial charge in [-0.25, -0.2) is 9.78 Å². The lowest BCUT2D eigenvalue weighted by molar-refractivity contribution is 0.0854. The van der Waals surface area contributed by atoms with Gasteiger partial charge < -0.3 is 24.1 Å². The van der Waals surface area contributed by atoms with E-state index in [1.807, 2.05) is 73.7 Å². The van der Waals surface area contributed by atoms with Gasteiger partial charge in [0.15, 0.2) is 11.5 Å². The quantitative estimate of drug-likeness (QED) is 0.382. The number of imidazole rings is 1. The van der Waals surface area contributed by atoms with Crippen molar-refractivity contribution in [2.45, 2.75) is 32.3 Å². The molecule has 1 fully saturated rings. The second kappa shape index (κ2) is 9.97. The molecule has 1 saturated heterocycles. The highest BCUT2D eigenvalue weighted by molar-refractivity contribution is 5.78. The summed E-state index contributed by atoms with van der Waals surface area (Å²) in [6, 6.07) is 21.5. The molecule has 6 rings (SSSR count). The second-order valence-corrected chi connectivity index (χ2v) is 9.40. The number of carbonyl (C=O) groups is 1. The van der Waals surface area contributed by atoms with Crippen molar-refractivity contribution in [3.63, 3.8) is 0 Å². The number of nitrogens with zero attached hydrogens (tertiary/aromatic N) is 3. The Kier molecular flexibility index (Phi) is 6.22. The number of ether oxygens (including phenoxy) is 3. The fourth-order valence-electron chi connectivity index (χ4n) is 4.88. The number of carbonyl (C=O) groups excluding carboxylic acids is 1. The van der Waals surface area contributed by atoms with Gasteiger partial charge in [-0.2, -0.15) is 0 Å². The third-order valence-electron chi connectivity index (χ3n) is 6.78. The Morgan fingerprint density at radius 3 is 2.78 bits per heavy atom. The molecule has 0 radical (unpaired) electrons. The van der Waals surface area contributed by atoms with Crippen LogP contribution in [0.25, 0.3) is 22.6 Å². The number of benzene rings is 2. The molecule has 4 heterocycles. The van der Waals surface area contributed by atoms with Crippen LogP contribution in [0.1, 0.15) is 35.8 Å². The van der Waals surface area contributed by atoms with Gasteiger partial charge in [0.2, 0.25) is 6.79 Å². The summed E-state index contributed by atoms with van der Waals surface area (Å²) < 4.78 is 16.7. The Bertz CT molecular complexity index is 1420. The molecule has 1 unspecified atom stereocenters. The van der Waals surface area contributed by atoms with Crippen molar-refractivity contribution < 1.29 is 19.0 Å². The van der Waals surface area contributed by atoms with Crippen molar-refractivity contribution in [3.05, 3.63) is 83.8 Å². The number of H-pyrrole nitrogens is 1. The smallest absolute Gasteiger partial charge is 0.410 e. The summed E-state index contributed by atoms with van der Waals surface area (Å²) >= 11 is 0. The number of hydrogen-bond acceptors (Lipinski definition) is 6. The predicted molar refractivity (Wildman–Crippen MR) is 138 cm³/mol. The second-order valence-electron chi connectivity index (χ2n) is 9.40. The summed E-state index contributed by atoms with van der Waals surface area (Å²) in [7, 11) is 0. The molecule has 0 saturated carbocycles. The topological polar surface area (TPSA) is 89.6 Å². The molecule has 1 atom stereocenters. The van der Waals surface area contributed by atoms with Crippen LogP contribution < -0.4 is 9.47 Å². The van der Waals surface area contributed by atoms with Crippen LogP contribution in [-0.2, 0) is 11.3 Å². The van der Waals surface area contributed by atoms with Gasteiger partial charge >= 0.3 is 6.09 Å². The number of pyridine rings is 1. The van der Waals surface area contributed by atoms with E-state index in [2.05, 4.69) is 4.98 Å². The van der Waals surface area contributed by atoms with E-state index < -0.39 is 0 Å². The number of amides is 1.